The second-order valence-corrected chi connectivity index (χ2v) is 4.25. The Morgan fingerprint density at radius 1 is 1.28 bits per heavy atom. The van der Waals surface area contributed by atoms with Gasteiger partial charge in [0.15, 0.2) is 0 Å². The van der Waals surface area contributed by atoms with Crippen LogP contribution in [0.15, 0.2) is 24.3 Å². The van der Waals surface area contributed by atoms with E-state index in [-0.39, 0.29) is 5.82 Å². The fraction of sp³-hybridized carbons (Fsp3) is 0.357. The van der Waals surface area contributed by atoms with E-state index >= 15 is 0 Å². The van der Waals surface area contributed by atoms with Crippen molar-refractivity contribution in [3.05, 3.63) is 35.9 Å². The molecule has 18 heavy (non-hydrogen) atoms. The van der Waals surface area contributed by atoms with Gasteiger partial charge in [0, 0.05) is 18.5 Å². The van der Waals surface area contributed by atoms with Crippen LogP contribution in [0, 0.1) is 5.82 Å². The van der Waals surface area contributed by atoms with Crippen LogP contribution < -0.4 is 5.73 Å². The Labute approximate surface area is 106 Å². The quantitative estimate of drug-likeness (QED) is 0.901. The number of nitrogens with two attached hydrogens (primary N) is 1. The van der Waals surface area contributed by atoms with Crippen molar-refractivity contribution in [2.45, 2.75) is 33.2 Å². The Hall–Kier alpha value is -1.84. The minimum atomic E-state index is -0.284. The van der Waals surface area contributed by atoms with Crippen molar-refractivity contribution >= 4 is 5.82 Å². The Morgan fingerprint density at radius 3 is 2.61 bits per heavy atom. The lowest BCUT2D eigenvalue weighted by Crippen LogP contribution is -2.06. The molecule has 2 rings (SSSR count). The second-order valence-electron chi connectivity index (χ2n) is 4.25. The number of hydrogen-bond acceptors (Lipinski definition) is 2. The number of aromatic nitrogens is 2. The van der Waals surface area contributed by atoms with Crippen LogP contribution in [0.5, 0.6) is 0 Å². The number of hydrogen-bond donors (Lipinski definition) is 1. The number of imidazole rings is 1. The van der Waals surface area contributed by atoms with E-state index in [1.54, 1.807) is 18.2 Å². The zero-order chi connectivity index (χ0) is 13.1. The zero-order valence-corrected chi connectivity index (χ0v) is 10.8. The highest BCUT2D eigenvalue weighted by Crippen LogP contribution is 2.28. The molecule has 0 amide bonds. The van der Waals surface area contributed by atoms with Gasteiger partial charge in [-0.3, -0.25) is 0 Å². The van der Waals surface area contributed by atoms with Gasteiger partial charge < -0.3 is 10.3 Å². The minimum Gasteiger partial charge on any atom is -0.383 e. The summed E-state index contributed by atoms with van der Waals surface area (Å²) in [4.78, 5) is 4.48. The third kappa shape index (κ3) is 2.10. The van der Waals surface area contributed by atoms with Crippen molar-refractivity contribution in [2.24, 2.45) is 0 Å². The summed E-state index contributed by atoms with van der Waals surface area (Å²) in [5.74, 6) is 1.18. The predicted molar refractivity (Wildman–Crippen MR) is 71.7 cm³/mol. The van der Waals surface area contributed by atoms with Crippen molar-refractivity contribution in [1.29, 1.82) is 0 Å². The largest absolute Gasteiger partial charge is 0.383 e. The summed E-state index contributed by atoms with van der Waals surface area (Å²) in [6.07, 6.45) is 1.77. The number of nitrogen functional groups attached to an aromatic ring is 1. The van der Waals surface area contributed by atoms with E-state index < -0.39 is 0 Å². The van der Waals surface area contributed by atoms with Gasteiger partial charge in [0.05, 0.1) is 0 Å². The van der Waals surface area contributed by atoms with Crippen LogP contribution >= 0.6 is 0 Å². The zero-order valence-electron chi connectivity index (χ0n) is 10.8. The van der Waals surface area contributed by atoms with Crippen molar-refractivity contribution in [1.82, 2.24) is 9.55 Å². The van der Waals surface area contributed by atoms with E-state index in [1.165, 1.54) is 6.07 Å². The number of rotatable bonds is 4. The predicted octanol–water partition coefficient (Wildman–Crippen LogP) is 3.24. The summed E-state index contributed by atoms with van der Waals surface area (Å²) in [6, 6.07) is 6.60. The van der Waals surface area contributed by atoms with E-state index in [4.69, 9.17) is 5.73 Å². The Morgan fingerprint density at radius 2 is 2.00 bits per heavy atom. The first-order valence-corrected chi connectivity index (χ1v) is 6.28. The molecule has 1 heterocycles. The van der Waals surface area contributed by atoms with Crippen molar-refractivity contribution in [3.8, 4) is 11.3 Å². The monoisotopic (exact) mass is 247 g/mol. The highest BCUT2D eigenvalue weighted by Gasteiger charge is 2.16. The van der Waals surface area contributed by atoms with Crippen molar-refractivity contribution in [3.63, 3.8) is 0 Å². The maximum Gasteiger partial charge on any atom is 0.132 e. The Balaban J connectivity index is 2.56. The van der Waals surface area contributed by atoms with Crippen LogP contribution in [0.3, 0.4) is 0 Å². The molecule has 0 aliphatic heterocycles. The van der Waals surface area contributed by atoms with E-state index in [0.29, 0.717) is 17.1 Å². The van der Waals surface area contributed by atoms with Gasteiger partial charge in [0.2, 0.25) is 0 Å². The van der Waals surface area contributed by atoms with Gasteiger partial charge in [0.1, 0.15) is 23.2 Å². The summed E-state index contributed by atoms with van der Waals surface area (Å²) < 4.78 is 15.8. The Kier molecular flexibility index (Phi) is 3.65. The Bertz CT molecular complexity index is 546. The van der Waals surface area contributed by atoms with E-state index in [2.05, 4.69) is 11.9 Å². The van der Waals surface area contributed by atoms with E-state index in [9.17, 15) is 4.39 Å². The molecule has 3 nitrogen and oxygen atoms in total. The molecule has 0 fully saturated rings. The van der Waals surface area contributed by atoms with Gasteiger partial charge >= 0.3 is 0 Å². The average molecular weight is 247 g/mol. The third-order valence-electron chi connectivity index (χ3n) is 2.98. The van der Waals surface area contributed by atoms with Crippen LogP contribution in [0.4, 0.5) is 10.2 Å². The van der Waals surface area contributed by atoms with Crippen molar-refractivity contribution < 1.29 is 4.39 Å². The number of aryl methyl sites for hydroxylation is 1. The standard InChI is InChI=1S/C14H18FN3/c1-3-9-18-12(4-2)17-13(14(18)16)10-7-5-6-8-11(10)15/h5-8H,3-4,9,16H2,1-2H3. The number of nitrogens with zero attached hydrogens (tertiary/aromatic N) is 2. The topological polar surface area (TPSA) is 43.8 Å². The molecule has 0 bridgehead atoms. The van der Waals surface area contributed by atoms with Crippen LogP contribution in [-0.4, -0.2) is 9.55 Å². The SMILES string of the molecule is CCCn1c(CC)nc(-c2ccccc2F)c1N. The normalized spacial score (nSPS) is 10.8. The number of anilines is 1. The average Bonchev–Trinajstić information content (AvgIpc) is 2.68. The first kappa shape index (κ1) is 12.6. The molecule has 0 saturated carbocycles. The van der Waals surface area contributed by atoms with E-state index in [1.807, 2.05) is 11.5 Å². The lowest BCUT2D eigenvalue weighted by molar-refractivity contribution is 0.631. The smallest absolute Gasteiger partial charge is 0.132 e. The molecule has 0 aliphatic rings. The molecular weight excluding hydrogens is 229 g/mol. The molecule has 2 aromatic rings. The summed E-state index contributed by atoms with van der Waals surface area (Å²) >= 11 is 0. The lowest BCUT2D eigenvalue weighted by atomic mass is 10.1. The van der Waals surface area contributed by atoms with Crippen LogP contribution in [0.1, 0.15) is 26.1 Å². The maximum atomic E-state index is 13.8. The van der Waals surface area contributed by atoms with Gasteiger partial charge in [-0.15, -0.1) is 0 Å². The fourth-order valence-corrected chi connectivity index (χ4v) is 2.11. The van der Waals surface area contributed by atoms with Crippen LogP contribution in [0.25, 0.3) is 11.3 Å². The number of benzene rings is 1. The molecule has 0 atom stereocenters. The third-order valence-corrected chi connectivity index (χ3v) is 2.98. The summed E-state index contributed by atoms with van der Waals surface area (Å²) in [7, 11) is 0. The minimum absolute atomic E-state index is 0.284. The molecular formula is C14H18FN3. The summed E-state index contributed by atoms with van der Waals surface area (Å²) in [5.41, 5.74) is 7.13. The summed E-state index contributed by atoms with van der Waals surface area (Å²) in [5, 5.41) is 0. The molecule has 1 aromatic carbocycles. The highest BCUT2D eigenvalue weighted by molar-refractivity contribution is 5.71. The molecule has 2 N–H and O–H groups in total. The van der Waals surface area contributed by atoms with Gasteiger partial charge in [-0.25, -0.2) is 9.37 Å². The van der Waals surface area contributed by atoms with Crippen LogP contribution in [-0.2, 0) is 13.0 Å². The molecule has 96 valence electrons. The highest BCUT2D eigenvalue weighted by atomic mass is 19.1. The molecule has 0 radical (unpaired) electrons. The van der Waals surface area contributed by atoms with Gasteiger partial charge in [-0.1, -0.05) is 26.0 Å². The lowest BCUT2D eigenvalue weighted by Gasteiger charge is -2.06. The molecule has 0 unspecified atom stereocenters. The fourth-order valence-electron chi connectivity index (χ4n) is 2.11. The molecule has 1 aromatic heterocycles. The van der Waals surface area contributed by atoms with E-state index in [0.717, 1.165) is 25.2 Å². The first-order valence-electron chi connectivity index (χ1n) is 6.28. The first-order chi connectivity index (χ1) is 8.69. The second kappa shape index (κ2) is 5.21. The van der Waals surface area contributed by atoms with Crippen LogP contribution in [0.2, 0.25) is 0 Å². The van der Waals surface area contributed by atoms with Crippen molar-refractivity contribution in [2.75, 3.05) is 5.73 Å². The molecule has 4 heteroatoms. The number of halogens is 1. The molecule has 0 aliphatic carbocycles. The summed E-state index contributed by atoms with van der Waals surface area (Å²) in [6.45, 7) is 4.93. The van der Waals surface area contributed by atoms with Gasteiger partial charge in [0.25, 0.3) is 0 Å². The van der Waals surface area contributed by atoms with Gasteiger partial charge in [-0.05, 0) is 18.6 Å². The molecule has 0 saturated heterocycles. The molecule has 0 spiro atoms. The maximum absolute atomic E-state index is 13.8. The van der Waals surface area contributed by atoms with Gasteiger partial charge in [-0.2, -0.15) is 0 Å².